The van der Waals surface area contributed by atoms with Crippen LogP contribution in [0.3, 0.4) is 0 Å². The van der Waals surface area contributed by atoms with Gasteiger partial charge in [-0.1, -0.05) is 18.2 Å². The molecule has 0 atom stereocenters. The fourth-order valence-corrected chi connectivity index (χ4v) is 4.15. The number of aromatic nitrogens is 1. The molecule has 7 nitrogen and oxygen atoms in total. The molecule has 0 aliphatic heterocycles. The molecule has 0 saturated carbocycles. The van der Waals surface area contributed by atoms with Gasteiger partial charge in [0.15, 0.2) is 0 Å². The van der Waals surface area contributed by atoms with Crippen molar-refractivity contribution in [1.29, 1.82) is 0 Å². The highest BCUT2D eigenvalue weighted by atomic mass is 32.2. The number of carbonyl (C=O) groups excluding carboxylic acids is 1. The van der Waals surface area contributed by atoms with Gasteiger partial charge in [0.1, 0.15) is 12.4 Å². The molecule has 162 valence electrons. The zero-order valence-corrected chi connectivity index (χ0v) is 19.0. The smallest absolute Gasteiger partial charge is 0.248 e. The number of aryl methyl sites for hydroxylation is 1. The average Bonchev–Trinajstić information content (AvgIpc) is 3.16. The van der Waals surface area contributed by atoms with Crippen LogP contribution in [0.15, 0.2) is 64.9 Å². The van der Waals surface area contributed by atoms with Crippen LogP contribution in [0.2, 0.25) is 0 Å². The SMILES string of the molecule is Cc1nc(COc2ccccc2/C=C/C(=O)Nc2ccc(S(=O)(=O)N(C)C)cc2)cs1. The lowest BCUT2D eigenvalue weighted by Crippen LogP contribution is -2.22. The van der Waals surface area contributed by atoms with Crippen LogP contribution < -0.4 is 10.1 Å². The quantitative estimate of drug-likeness (QED) is 0.518. The highest BCUT2D eigenvalue weighted by molar-refractivity contribution is 7.89. The lowest BCUT2D eigenvalue weighted by Gasteiger charge is -2.11. The molecule has 9 heteroatoms. The van der Waals surface area contributed by atoms with Crippen LogP contribution in [0, 0.1) is 6.92 Å². The van der Waals surface area contributed by atoms with E-state index in [4.69, 9.17) is 4.74 Å². The molecular formula is C22H23N3O4S2. The number of carbonyl (C=O) groups is 1. The molecule has 0 spiro atoms. The predicted molar refractivity (Wildman–Crippen MR) is 123 cm³/mol. The van der Waals surface area contributed by atoms with Gasteiger partial charge in [0.25, 0.3) is 0 Å². The summed E-state index contributed by atoms with van der Waals surface area (Å²) in [7, 11) is -0.573. The van der Waals surface area contributed by atoms with E-state index in [1.165, 1.54) is 32.3 Å². The Kier molecular flexibility index (Phi) is 7.21. The van der Waals surface area contributed by atoms with Gasteiger partial charge in [-0.25, -0.2) is 17.7 Å². The third-order valence-corrected chi connectivity index (χ3v) is 6.93. The molecule has 3 aromatic rings. The van der Waals surface area contributed by atoms with Gasteiger partial charge in [0.2, 0.25) is 15.9 Å². The Morgan fingerprint density at radius 3 is 2.52 bits per heavy atom. The maximum absolute atomic E-state index is 12.3. The summed E-state index contributed by atoms with van der Waals surface area (Å²) in [5.41, 5.74) is 2.12. The lowest BCUT2D eigenvalue weighted by atomic mass is 10.2. The van der Waals surface area contributed by atoms with Crippen LogP contribution >= 0.6 is 11.3 Å². The van der Waals surface area contributed by atoms with E-state index in [1.807, 2.05) is 36.6 Å². The fraction of sp³-hybridized carbons (Fsp3) is 0.182. The highest BCUT2D eigenvalue weighted by Crippen LogP contribution is 2.22. The van der Waals surface area contributed by atoms with E-state index in [1.54, 1.807) is 29.5 Å². The zero-order chi connectivity index (χ0) is 22.4. The van der Waals surface area contributed by atoms with Crippen molar-refractivity contribution in [2.24, 2.45) is 0 Å². The summed E-state index contributed by atoms with van der Waals surface area (Å²) in [6.45, 7) is 2.29. The Morgan fingerprint density at radius 1 is 1.16 bits per heavy atom. The van der Waals surface area contributed by atoms with Crippen molar-refractivity contribution in [2.45, 2.75) is 18.4 Å². The molecule has 31 heavy (non-hydrogen) atoms. The number of amides is 1. The van der Waals surface area contributed by atoms with Gasteiger partial charge >= 0.3 is 0 Å². The topological polar surface area (TPSA) is 88.6 Å². The summed E-state index contributed by atoms with van der Waals surface area (Å²) in [5.74, 6) is 0.309. The van der Waals surface area contributed by atoms with Crippen LogP contribution in [0.25, 0.3) is 6.08 Å². The van der Waals surface area contributed by atoms with Gasteiger partial charge < -0.3 is 10.1 Å². The van der Waals surface area contributed by atoms with Gasteiger partial charge in [-0.2, -0.15) is 0 Å². The van der Waals surface area contributed by atoms with Crippen LogP contribution in [0.5, 0.6) is 5.75 Å². The molecule has 0 aliphatic rings. The number of thiazole rings is 1. The molecule has 2 aromatic carbocycles. The standard InChI is InChI=1S/C22H23N3O4S2/c1-16-23-19(15-30-16)14-29-21-7-5-4-6-17(21)8-13-22(26)24-18-9-11-20(12-10-18)31(27,28)25(2)3/h4-13,15H,14H2,1-3H3,(H,24,26)/b13-8+. The number of ether oxygens (including phenoxy) is 1. The second-order valence-electron chi connectivity index (χ2n) is 6.82. The number of nitrogens with zero attached hydrogens (tertiary/aromatic N) is 2. The van der Waals surface area contributed by atoms with Crippen molar-refractivity contribution < 1.29 is 17.9 Å². The number of hydrogen-bond acceptors (Lipinski definition) is 6. The largest absolute Gasteiger partial charge is 0.487 e. The summed E-state index contributed by atoms with van der Waals surface area (Å²) < 4.78 is 31.2. The maximum Gasteiger partial charge on any atom is 0.248 e. The van der Waals surface area contributed by atoms with E-state index in [0.717, 1.165) is 20.6 Å². The van der Waals surface area contributed by atoms with Crippen molar-refractivity contribution in [2.75, 3.05) is 19.4 Å². The number of benzene rings is 2. The summed E-state index contributed by atoms with van der Waals surface area (Å²) in [6.07, 6.45) is 3.07. The second kappa shape index (κ2) is 9.86. The van der Waals surface area contributed by atoms with Crippen LogP contribution in [-0.4, -0.2) is 37.7 Å². The highest BCUT2D eigenvalue weighted by Gasteiger charge is 2.16. The van der Waals surface area contributed by atoms with Crippen LogP contribution in [-0.2, 0) is 21.4 Å². The molecule has 0 bridgehead atoms. The zero-order valence-electron chi connectivity index (χ0n) is 17.4. The second-order valence-corrected chi connectivity index (χ2v) is 10.0. The minimum atomic E-state index is -3.51. The molecule has 0 aliphatic carbocycles. The Morgan fingerprint density at radius 2 is 1.87 bits per heavy atom. The minimum Gasteiger partial charge on any atom is -0.487 e. The first-order valence-electron chi connectivity index (χ1n) is 9.40. The Labute approximate surface area is 186 Å². The first-order valence-corrected chi connectivity index (χ1v) is 11.7. The van der Waals surface area contributed by atoms with Gasteiger partial charge in [0.05, 0.1) is 15.6 Å². The molecule has 0 saturated heterocycles. The first-order chi connectivity index (χ1) is 14.8. The van der Waals surface area contributed by atoms with Crippen molar-refractivity contribution in [3.05, 3.63) is 76.3 Å². The molecule has 0 fully saturated rings. The van der Waals surface area contributed by atoms with Gasteiger partial charge in [0, 0.05) is 36.8 Å². The third kappa shape index (κ3) is 6.00. The molecule has 1 aromatic heterocycles. The molecule has 1 heterocycles. The summed E-state index contributed by atoms with van der Waals surface area (Å²) >= 11 is 1.57. The van der Waals surface area contributed by atoms with E-state index in [9.17, 15) is 13.2 Å². The normalized spacial score (nSPS) is 11.7. The van der Waals surface area contributed by atoms with Crippen molar-refractivity contribution in [3.8, 4) is 5.75 Å². The van der Waals surface area contributed by atoms with Gasteiger partial charge in [-0.15, -0.1) is 11.3 Å². The van der Waals surface area contributed by atoms with Crippen molar-refractivity contribution in [1.82, 2.24) is 9.29 Å². The maximum atomic E-state index is 12.3. The number of nitrogens with one attached hydrogen (secondary N) is 1. The van der Waals surface area contributed by atoms with Gasteiger partial charge in [-0.05, 0) is 43.3 Å². The third-order valence-electron chi connectivity index (χ3n) is 4.28. The van der Waals surface area contributed by atoms with Crippen molar-refractivity contribution >= 4 is 39.0 Å². The Bertz CT molecular complexity index is 1180. The van der Waals surface area contributed by atoms with Crippen molar-refractivity contribution in [3.63, 3.8) is 0 Å². The number of anilines is 1. The van der Waals surface area contributed by atoms with Crippen LogP contribution in [0.4, 0.5) is 5.69 Å². The molecule has 0 unspecified atom stereocenters. The monoisotopic (exact) mass is 457 g/mol. The first kappa shape index (κ1) is 22.7. The Hall–Kier alpha value is -3.01. The predicted octanol–water partition coefficient (Wildman–Crippen LogP) is 3.93. The molecule has 1 amide bonds. The fourth-order valence-electron chi connectivity index (χ4n) is 2.65. The number of rotatable bonds is 8. The van der Waals surface area contributed by atoms with Gasteiger partial charge in [-0.3, -0.25) is 4.79 Å². The van der Waals surface area contributed by atoms with E-state index in [-0.39, 0.29) is 10.8 Å². The summed E-state index contributed by atoms with van der Waals surface area (Å²) in [6, 6.07) is 13.4. The van der Waals surface area contributed by atoms with E-state index in [2.05, 4.69) is 10.3 Å². The Balaban J connectivity index is 1.64. The van der Waals surface area contributed by atoms with E-state index in [0.29, 0.717) is 18.0 Å². The summed E-state index contributed by atoms with van der Waals surface area (Å²) in [4.78, 5) is 16.8. The molecule has 0 radical (unpaired) electrons. The molecule has 1 N–H and O–H groups in total. The molecule has 3 rings (SSSR count). The van der Waals surface area contributed by atoms with Crippen LogP contribution in [0.1, 0.15) is 16.3 Å². The number of hydrogen-bond donors (Lipinski definition) is 1. The van der Waals surface area contributed by atoms with E-state index >= 15 is 0 Å². The minimum absolute atomic E-state index is 0.160. The molecular weight excluding hydrogens is 434 g/mol. The average molecular weight is 458 g/mol. The summed E-state index contributed by atoms with van der Waals surface area (Å²) in [5, 5.41) is 5.65. The van der Waals surface area contributed by atoms with E-state index < -0.39 is 10.0 Å². The number of sulfonamides is 1. The number of para-hydroxylation sites is 1. The lowest BCUT2D eigenvalue weighted by molar-refractivity contribution is -0.111.